The van der Waals surface area contributed by atoms with Crippen LogP contribution >= 0.6 is 0 Å². The van der Waals surface area contributed by atoms with E-state index in [2.05, 4.69) is 5.32 Å². The Kier molecular flexibility index (Phi) is 3.94. The van der Waals surface area contributed by atoms with Gasteiger partial charge in [0.15, 0.2) is 0 Å². The molecule has 0 spiro atoms. The first kappa shape index (κ1) is 14.6. The van der Waals surface area contributed by atoms with Crippen LogP contribution in [0.5, 0.6) is 0 Å². The molecule has 2 aromatic carbocycles. The van der Waals surface area contributed by atoms with Crippen LogP contribution in [0.3, 0.4) is 0 Å². The predicted octanol–water partition coefficient (Wildman–Crippen LogP) is 3.83. The first-order valence-corrected chi connectivity index (χ1v) is 5.89. The predicted molar refractivity (Wildman–Crippen MR) is 70.6 cm³/mol. The Balaban J connectivity index is 2.18. The van der Waals surface area contributed by atoms with Gasteiger partial charge in [-0.05, 0) is 42.5 Å². The number of carbonyl (C=O) groups is 1. The van der Waals surface area contributed by atoms with Crippen LogP contribution < -0.4 is 5.32 Å². The molecule has 0 heterocycles. The summed E-state index contributed by atoms with van der Waals surface area (Å²) in [6.07, 6.45) is -4.50. The third-order valence-electron chi connectivity index (χ3n) is 2.72. The molecule has 0 aliphatic carbocycles. The maximum Gasteiger partial charge on any atom is 0.416 e. The van der Waals surface area contributed by atoms with Crippen LogP contribution in [-0.4, -0.2) is 5.91 Å². The number of halogens is 3. The van der Waals surface area contributed by atoms with Gasteiger partial charge in [0.2, 0.25) is 0 Å². The van der Waals surface area contributed by atoms with Crippen molar-refractivity contribution in [1.29, 1.82) is 5.26 Å². The van der Waals surface area contributed by atoms with Gasteiger partial charge in [-0.1, -0.05) is 6.07 Å². The molecule has 6 heteroatoms. The fourth-order valence-electron chi connectivity index (χ4n) is 1.67. The number of nitrogens with zero attached hydrogens (tertiary/aromatic N) is 1. The Morgan fingerprint density at radius 3 is 2.33 bits per heavy atom. The first-order valence-electron chi connectivity index (χ1n) is 5.89. The van der Waals surface area contributed by atoms with Gasteiger partial charge in [0.05, 0.1) is 17.2 Å². The lowest BCUT2D eigenvalue weighted by Crippen LogP contribution is -2.13. The SMILES string of the molecule is N#Cc1ccc(NC(=O)c2cccc(C(F)(F)F)c2)cc1. The third kappa shape index (κ3) is 3.60. The van der Waals surface area contributed by atoms with Crippen molar-refractivity contribution in [2.75, 3.05) is 5.32 Å². The van der Waals surface area contributed by atoms with Crippen LogP contribution in [0, 0.1) is 11.3 Å². The quantitative estimate of drug-likeness (QED) is 0.913. The molecule has 1 amide bonds. The maximum atomic E-state index is 12.6. The molecule has 0 aliphatic heterocycles. The zero-order valence-corrected chi connectivity index (χ0v) is 10.6. The van der Waals surface area contributed by atoms with Gasteiger partial charge >= 0.3 is 6.18 Å². The molecule has 0 atom stereocenters. The van der Waals surface area contributed by atoms with E-state index in [4.69, 9.17) is 5.26 Å². The van der Waals surface area contributed by atoms with Gasteiger partial charge in [0.1, 0.15) is 0 Å². The molecule has 106 valence electrons. The van der Waals surface area contributed by atoms with E-state index in [1.807, 2.05) is 6.07 Å². The second-order valence-electron chi connectivity index (χ2n) is 4.22. The van der Waals surface area contributed by atoms with Crippen molar-refractivity contribution in [3.05, 3.63) is 65.2 Å². The van der Waals surface area contributed by atoms with Crippen molar-refractivity contribution in [3.63, 3.8) is 0 Å². The van der Waals surface area contributed by atoms with E-state index < -0.39 is 17.6 Å². The van der Waals surface area contributed by atoms with E-state index in [-0.39, 0.29) is 5.56 Å². The van der Waals surface area contributed by atoms with E-state index in [0.717, 1.165) is 12.1 Å². The molecule has 0 saturated carbocycles. The summed E-state index contributed by atoms with van der Waals surface area (Å²) in [5, 5.41) is 11.1. The molecule has 0 saturated heterocycles. The van der Waals surface area contributed by atoms with Crippen LogP contribution in [-0.2, 0) is 6.18 Å². The van der Waals surface area contributed by atoms with Crippen LogP contribution in [0.15, 0.2) is 48.5 Å². The van der Waals surface area contributed by atoms with E-state index in [0.29, 0.717) is 11.3 Å². The van der Waals surface area contributed by atoms with E-state index in [9.17, 15) is 18.0 Å². The molecule has 0 unspecified atom stereocenters. The topological polar surface area (TPSA) is 52.9 Å². The van der Waals surface area contributed by atoms with Crippen molar-refractivity contribution in [3.8, 4) is 6.07 Å². The highest BCUT2D eigenvalue weighted by atomic mass is 19.4. The molecule has 0 bridgehead atoms. The first-order chi connectivity index (χ1) is 9.90. The van der Waals surface area contributed by atoms with Crippen molar-refractivity contribution in [1.82, 2.24) is 0 Å². The average molecular weight is 290 g/mol. The number of carbonyl (C=O) groups excluding carboxylic acids is 1. The van der Waals surface area contributed by atoms with Gasteiger partial charge in [0.25, 0.3) is 5.91 Å². The number of rotatable bonds is 2. The molecule has 21 heavy (non-hydrogen) atoms. The Labute approximate surface area is 118 Å². The minimum Gasteiger partial charge on any atom is -0.322 e. The normalized spacial score (nSPS) is 10.8. The fraction of sp³-hybridized carbons (Fsp3) is 0.0667. The van der Waals surface area contributed by atoms with Crippen LogP contribution in [0.25, 0.3) is 0 Å². The highest BCUT2D eigenvalue weighted by Gasteiger charge is 2.30. The molecule has 3 nitrogen and oxygen atoms in total. The number of hydrogen-bond donors (Lipinski definition) is 1. The standard InChI is InChI=1S/C15H9F3N2O/c16-15(17,18)12-3-1-2-11(8-12)14(21)20-13-6-4-10(9-19)5-7-13/h1-8H,(H,20,21). The largest absolute Gasteiger partial charge is 0.416 e. The number of nitrogens with one attached hydrogen (secondary N) is 1. The number of amides is 1. The number of alkyl halides is 3. The lowest BCUT2D eigenvalue weighted by molar-refractivity contribution is -0.137. The number of nitriles is 1. The maximum absolute atomic E-state index is 12.6. The van der Waals surface area contributed by atoms with Gasteiger partial charge < -0.3 is 5.32 Å². The van der Waals surface area contributed by atoms with E-state index >= 15 is 0 Å². The zero-order valence-electron chi connectivity index (χ0n) is 10.6. The molecule has 0 radical (unpaired) electrons. The Bertz CT molecular complexity index is 700. The molecular weight excluding hydrogens is 281 g/mol. The number of hydrogen-bond acceptors (Lipinski definition) is 2. The van der Waals surface area contributed by atoms with Crippen LogP contribution in [0.2, 0.25) is 0 Å². The monoisotopic (exact) mass is 290 g/mol. The summed E-state index contributed by atoms with van der Waals surface area (Å²) in [5.41, 5.74) is -0.146. The number of benzene rings is 2. The van der Waals surface area contributed by atoms with Gasteiger partial charge in [-0.3, -0.25) is 4.79 Å². The van der Waals surface area contributed by atoms with Gasteiger partial charge in [-0.2, -0.15) is 18.4 Å². The molecule has 0 aromatic heterocycles. The van der Waals surface area contributed by atoms with Crippen molar-refractivity contribution in [2.45, 2.75) is 6.18 Å². The van der Waals surface area contributed by atoms with E-state index in [1.54, 1.807) is 0 Å². The molecule has 2 aromatic rings. The van der Waals surface area contributed by atoms with Gasteiger partial charge in [-0.15, -0.1) is 0 Å². The van der Waals surface area contributed by atoms with Crippen LogP contribution in [0.4, 0.5) is 18.9 Å². The van der Waals surface area contributed by atoms with Crippen LogP contribution in [0.1, 0.15) is 21.5 Å². The molecule has 2 rings (SSSR count). The lowest BCUT2D eigenvalue weighted by atomic mass is 10.1. The number of anilines is 1. The summed E-state index contributed by atoms with van der Waals surface area (Å²) in [5.74, 6) is -0.647. The van der Waals surface area contributed by atoms with Crippen molar-refractivity contribution < 1.29 is 18.0 Å². The smallest absolute Gasteiger partial charge is 0.322 e. The van der Waals surface area contributed by atoms with Crippen molar-refractivity contribution in [2.24, 2.45) is 0 Å². The third-order valence-corrected chi connectivity index (χ3v) is 2.72. The lowest BCUT2D eigenvalue weighted by Gasteiger charge is -2.09. The van der Waals surface area contributed by atoms with Crippen molar-refractivity contribution >= 4 is 11.6 Å². The minimum atomic E-state index is -4.50. The van der Waals surface area contributed by atoms with E-state index in [1.165, 1.54) is 36.4 Å². The fourth-order valence-corrected chi connectivity index (χ4v) is 1.67. The zero-order chi connectivity index (χ0) is 15.5. The summed E-state index contributed by atoms with van der Waals surface area (Å²) in [7, 11) is 0. The molecular formula is C15H9F3N2O. The van der Waals surface area contributed by atoms with Gasteiger partial charge in [0, 0.05) is 11.3 Å². The minimum absolute atomic E-state index is 0.0887. The molecule has 1 N–H and O–H groups in total. The van der Waals surface area contributed by atoms with Gasteiger partial charge in [-0.25, -0.2) is 0 Å². The second kappa shape index (κ2) is 5.67. The summed E-state index contributed by atoms with van der Waals surface area (Å²) in [6.45, 7) is 0. The summed E-state index contributed by atoms with van der Waals surface area (Å²) in [4.78, 5) is 11.9. The summed E-state index contributed by atoms with van der Waals surface area (Å²) in [6, 6.07) is 12.1. The second-order valence-corrected chi connectivity index (χ2v) is 4.22. The Morgan fingerprint density at radius 1 is 1.10 bits per heavy atom. The Morgan fingerprint density at radius 2 is 1.76 bits per heavy atom. The average Bonchev–Trinajstić information content (AvgIpc) is 2.47. The summed E-state index contributed by atoms with van der Waals surface area (Å²) < 4.78 is 37.7. The summed E-state index contributed by atoms with van der Waals surface area (Å²) >= 11 is 0. The highest BCUT2D eigenvalue weighted by molar-refractivity contribution is 6.04. The Hall–Kier alpha value is -2.81. The molecule has 0 aliphatic rings. The highest BCUT2D eigenvalue weighted by Crippen LogP contribution is 2.29. The molecule has 0 fully saturated rings.